The van der Waals surface area contributed by atoms with Gasteiger partial charge in [0.05, 0.1) is 13.5 Å². The first-order chi connectivity index (χ1) is 8.11. The highest BCUT2D eigenvalue weighted by molar-refractivity contribution is 5.72. The van der Waals surface area contributed by atoms with Crippen LogP contribution >= 0.6 is 0 Å². The number of benzene rings is 1. The number of anilines is 1. The summed E-state index contributed by atoms with van der Waals surface area (Å²) >= 11 is 0. The number of esters is 1. The minimum absolute atomic E-state index is 0.182. The first-order valence-corrected chi connectivity index (χ1v) is 5.72. The van der Waals surface area contributed by atoms with E-state index in [1.807, 2.05) is 13.1 Å². The molecule has 1 heterocycles. The van der Waals surface area contributed by atoms with E-state index >= 15 is 0 Å². The van der Waals surface area contributed by atoms with Gasteiger partial charge >= 0.3 is 5.97 Å². The number of hydrogen-bond donors (Lipinski definition) is 1. The molecule has 0 saturated carbocycles. The quantitative estimate of drug-likeness (QED) is 0.795. The van der Waals surface area contributed by atoms with Gasteiger partial charge in [-0.05, 0) is 24.0 Å². The van der Waals surface area contributed by atoms with Crippen LogP contribution in [0.25, 0.3) is 0 Å². The van der Waals surface area contributed by atoms with Gasteiger partial charge < -0.3 is 14.7 Å². The molecule has 0 aliphatic carbocycles. The molecule has 4 heteroatoms. The summed E-state index contributed by atoms with van der Waals surface area (Å²) in [5.74, 6) is 0.266. The molecule has 1 aromatic carbocycles. The average Bonchev–Trinajstić information content (AvgIpc) is 2.33. The average molecular weight is 235 g/mol. The number of phenolic OH excluding ortho intramolecular Hbond substituents is 1. The zero-order valence-electron chi connectivity index (χ0n) is 10.1. The lowest BCUT2D eigenvalue weighted by Gasteiger charge is -2.32. The van der Waals surface area contributed by atoms with Crippen LogP contribution in [-0.2, 0) is 9.53 Å². The predicted molar refractivity (Wildman–Crippen MR) is 65.4 cm³/mol. The normalized spacial score (nSPS) is 18.7. The molecular formula is C13H17NO3. The minimum Gasteiger partial charge on any atom is -0.508 e. The molecule has 0 spiro atoms. The summed E-state index contributed by atoms with van der Waals surface area (Å²) < 4.78 is 4.72. The van der Waals surface area contributed by atoms with E-state index in [0.717, 1.165) is 24.2 Å². The molecule has 17 heavy (non-hydrogen) atoms. The summed E-state index contributed by atoms with van der Waals surface area (Å²) in [4.78, 5) is 13.5. The molecule has 1 aliphatic rings. The number of hydrogen-bond acceptors (Lipinski definition) is 4. The topological polar surface area (TPSA) is 49.8 Å². The number of carbonyl (C=O) groups is 1. The minimum atomic E-state index is -0.182. The Kier molecular flexibility index (Phi) is 3.22. The number of nitrogens with zero attached hydrogens (tertiary/aromatic N) is 1. The summed E-state index contributed by atoms with van der Waals surface area (Å²) in [6, 6.07) is 5.31. The largest absolute Gasteiger partial charge is 0.508 e. The molecule has 1 aromatic rings. The van der Waals surface area contributed by atoms with Gasteiger partial charge in [0, 0.05) is 25.3 Å². The Hall–Kier alpha value is -1.71. The molecule has 0 aromatic heterocycles. The van der Waals surface area contributed by atoms with E-state index in [-0.39, 0.29) is 17.6 Å². The Bertz CT molecular complexity index is 431. The zero-order chi connectivity index (χ0) is 12.4. The molecule has 2 rings (SSSR count). The summed E-state index contributed by atoms with van der Waals surface area (Å²) in [6.45, 7) is 0.887. The Balaban J connectivity index is 2.29. The van der Waals surface area contributed by atoms with Crippen molar-refractivity contribution in [2.24, 2.45) is 0 Å². The SMILES string of the molecule is COC(=O)CC1CCN(C)c2cc(O)ccc21. The number of rotatable bonds is 2. The fourth-order valence-electron chi connectivity index (χ4n) is 2.33. The smallest absolute Gasteiger partial charge is 0.306 e. The van der Waals surface area contributed by atoms with E-state index in [4.69, 9.17) is 4.74 Å². The highest BCUT2D eigenvalue weighted by Crippen LogP contribution is 2.38. The molecule has 0 radical (unpaired) electrons. The standard InChI is InChI=1S/C13H17NO3/c1-14-6-5-9(7-13(16)17-2)11-4-3-10(15)8-12(11)14/h3-4,8-9,15H,5-7H2,1-2H3. The predicted octanol–water partition coefficient (Wildman–Crippen LogP) is 1.88. The third-order valence-corrected chi connectivity index (χ3v) is 3.32. The number of aromatic hydroxyl groups is 1. The molecule has 4 nitrogen and oxygen atoms in total. The van der Waals surface area contributed by atoms with E-state index < -0.39 is 0 Å². The molecule has 1 N–H and O–H groups in total. The molecule has 0 amide bonds. The maximum atomic E-state index is 11.4. The molecular weight excluding hydrogens is 218 g/mol. The molecule has 1 aliphatic heterocycles. The van der Waals surface area contributed by atoms with Crippen molar-refractivity contribution in [1.82, 2.24) is 0 Å². The van der Waals surface area contributed by atoms with Crippen LogP contribution in [0, 0.1) is 0 Å². The summed E-state index contributed by atoms with van der Waals surface area (Å²) in [7, 11) is 3.40. The number of fused-ring (bicyclic) bond motifs is 1. The Labute approximate surface area is 101 Å². The summed E-state index contributed by atoms with van der Waals surface area (Å²) in [5.41, 5.74) is 2.12. The van der Waals surface area contributed by atoms with Crippen LogP contribution in [0.3, 0.4) is 0 Å². The fraction of sp³-hybridized carbons (Fsp3) is 0.462. The van der Waals surface area contributed by atoms with Gasteiger partial charge in [0.2, 0.25) is 0 Å². The monoisotopic (exact) mass is 235 g/mol. The fourth-order valence-corrected chi connectivity index (χ4v) is 2.33. The molecule has 0 fully saturated rings. The Morgan fingerprint density at radius 1 is 1.59 bits per heavy atom. The second-order valence-corrected chi connectivity index (χ2v) is 4.43. The molecule has 92 valence electrons. The first-order valence-electron chi connectivity index (χ1n) is 5.72. The third-order valence-electron chi connectivity index (χ3n) is 3.32. The van der Waals surface area contributed by atoms with E-state index in [1.165, 1.54) is 7.11 Å². The van der Waals surface area contributed by atoms with Crippen LogP contribution in [0.2, 0.25) is 0 Å². The lowest BCUT2D eigenvalue weighted by atomic mass is 9.87. The van der Waals surface area contributed by atoms with Gasteiger partial charge in [-0.3, -0.25) is 4.79 Å². The van der Waals surface area contributed by atoms with Crippen molar-refractivity contribution in [2.75, 3.05) is 25.6 Å². The second kappa shape index (κ2) is 4.65. The van der Waals surface area contributed by atoms with E-state index in [9.17, 15) is 9.90 Å². The summed E-state index contributed by atoms with van der Waals surface area (Å²) in [5, 5.41) is 9.50. The highest BCUT2D eigenvalue weighted by atomic mass is 16.5. The third kappa shape index (κ3) is 2.35. The van der Waals surface area contributed by atoms with Crippen LogP contribution in [-0.4, -0.2) is 31.8 Å². The zero-order valence-corrected chi connectivity index (χ0v) is 10.1. The van der Waals surface area contributed by atoms with Crippen molar-refractivity contribution in [3.63, 3.8) is 0 Å². The van der Waals surface area contributed by atoms with Gasteiger partial charge in [0.15, 0.2) is 0 Å². The molecule has 1 atom stereocenters. The van der Waals surface area contributed by atoms with E-state index in [0.29, 0.717) is 6.42 Å². The number of carbonyl (C=O) groups excluding carboxylic acids is 1. The highest BCUT2D eigenvalue weighted by Gasteiger charge is 2.25. The molecule has 1 unspecified atom stereocenters. The van der Waals surface area contributed by atoms with Crippen molar-refractivity contribution in [2.45, 2.75) is 18.8 Å². The lowest BCUT2D eigenvalue weighted by molar-refractivity contribution is -0.141. The van der Waals surface area contributed by atoms with Crippen LogP contribution in [0.4, 0.5) is 5.69 Å². The number of methoxy groups -OCH3 is 1. The van der Waals surface area contributed by atoms with Crippen LogP contribution < -0.4 is 4.90 Å². The van der Waals surface area contributed by atoms with Crippen molar-refractivity contribution >= 4 is 11.7 Å². The van der Waals surface area contributed by atoms with Crippen LogP contribution in [0.15, 0.2) is 18.2 Å². The van der Waals surface area contributed by atoms with Crippen molar-refractivity contribution in [3.05, 3.63) is 23.8 Å². The summed E-state index contributed by atoms with van der Waals surface area (Å²) in [6.07, 6.45) is 1.34. The van der Waals surface area contributed by atoms with Crippen molar-refractivity contribution in [3.8, 4) is 5.75 Å². The Morgan fingerprint density at radius 3 is 3.06 bits per heavy atom. The van der Waals surface area contributed by atoms with Gasteiger partial charge in [-0.1, -0.05) is 6.07 Å². The lowest BCUT2D eigenvalue weighted by Crippen LogP contribution is -2.28. The van der Waals surface area contributed by atoms with Gasteiger partial charge in [-0.2, -0.15) is 0 Å². The number of ether oxygens (including phenoxy) is 1. The van der Waals surface area contributed by atoms with E-state index in [1.54, 1.807) is 12.1 Å². The van der Waals surface area contributed by atoms with E-state index in [2.05, 4.69) is 4.90 Å². The van der Waals surface area contributed by atoms with Crippen LogP contribution in [0.5, 0.6) is 5.75 Å². The molecule has 0 bridgehead atoms. The van der Waals surface area contributed by atoms with Gasteiger partial charge in [0.25, 0.3) is 0 Å². The van der Waals surface area contributed by atoms with Gasteiger partial charge in [0.1, 0.15) is 5.75 Å². The maximum Gasteiger partial charge on any atom is 0.306 e. The first kappa shape index (κ1) is 11.8. The second-order valence-electron chi connectivity index (χ2n) is 4.43. The maximum absolute atomic E-state index is 11.4. The number of phenols is 1. The van der Waals surface area contributed by atoms with Crippen molar-refractivity contribution < 1.29 is 14.6 Å². The van der Waals surface area contributed by atoms with Crippen molar-refractivity contribution in [1.29, 1.82) is 0 Å². The van der Waals surface area contributed by atoms with Gasteiger partial charge in [-0.15, -0.1) is 0 Å². The Morgan fingerprint density at radius 2 is 2.35 bits per heavy atom. The molecule has 0 saturated heterocycles. The van der Waals surface area contributed by atoms with Crippen LogP contribution in [0.1, 0.15) is 24.3 Å². The van der Waals surface area contributed by atoms with Gasteiger partial charge in [-0.25, -0.2) is 0 Å².